The van der Waals surface area contributed by atoms with Crippen molar-refractivity contribution >= 4 is 6.09 Å². The monoisotopic (exact) mass is 240 g/mol. The molecule has 1 aliphatic heterocycles. The van der Waals surface area contributed by atoms with Crippen LogP contribution >= 0.6 is 0 Å². The minimum Gasteiger partial charge on any atom is -0.444 e. The molecule has 98 valence electrons. The van der Waals surface area contributed by atoms with E-state index in [9.17, 15) is 4.79 Å². The Balaban J connectivity index is 2.55. The van der Waals surface area contributed by atoms with Crippen molar-refractivity contribution in [2.75, 3.05) is 19.6 Å². The number of carbonyl (C=O) groups excluding carboxylic acids is 1. The van der Waals surface area contributed by atoms with E-state index in [1.54, 1.807) is 4.90 Å². The molecule has 0 radical (unpaired) electrons. The molecule has 1 heterocycles. The van der Waals surface area contributed by atoms with Crippen LogP contribution in [0.25, 0.3) is 0 Å². The van der Waals surface area contributed by atoms with Crippen LogP contribution in [0.15, 0.2) is 12.2 Å². The number of nitrogens with one attached hydrogen (secondary N) is 1. The van der Waals surface area contributed by atoms with Gasteiger partial charge >= 0.3 is 6.09 Å². The SMILES string of the molecule is C=C(CC)C1CN(C(=O)OC(C)(C)C)CCN1. The Morgan fingerprint density at radius 2 is 2.18 bits per heavy atom. The van der Waals surface area contributed by atoms with E-state index in [0.29, 0.717) is 13.1 Å². The Hall–Kier alpha value is -1.03. The topological polar surface area (TPSA) is 41.6 Å². The van der Waals surface area contributed by atoms with Crippen molar-refractivity contribution in [1.29, 1.82) is 0 Å². The van der Waals surface area contributed by atoms with Crippen LogP contribution in [0.1, 0.15) is 34.1 Å². The van der Waals surface area contributed by atoms with E-state index >= 15 is 0 Å². The van der Waals surface area contributed by atoms with Crippen molar-refractivity contribution in [3.05, 3.63) is 12.2 Å². The quantitative estimate of drug-likeness (QED) is 0.752. The number of piperazine rings is 1. The molecule has 0 spiro atoms. The first-order chi connectivity index (χ1) is 7.83. The summed E-state index contributed by atoms with van der Waals surface area (Å²) in [5.41, 5.74) is 0.706. The summed E-state index contributed by atoms with van der Waals surface area (Å²) in [6.07, 6.45) is 0.702. The molecule has 1 atom stereocenters. The Labute approximate surface area is 104 Å². The molecule has 1 N–H and O–H groups in total. The van der Waals surface area contributed by atoms with Gasteiger partial charge in [-0.05, 0) is 27.2 Å². The third kappa shape index (κ3) is 4.38. The zero-order chi connectivity index (χ0) is 13.1. The van der Waals surface area contributed by atoms with Gasteiger partial charge in [-0.1, -0.05) is 19.1 Å². The average molecular weight is 240 g/mol. The third-order valence-corrected chi connectivity index (χ3v) is 2.77. The summed E-state index contributed by atoms with van der Waals surface area (Å²) in [4.78, 5) is 13.7. The zero-order valence-corrected chi connectivity index (χ0v) is 11.4. The van der Waals surface area contributed by atoms with E-state index in [1.165, 1.54) is 0 Å². The summed E-state index contributed by atoms with van der Waals surface area (Å²) < 4.78 is 5.37. The standard InChI is InChI=1S/C13H24N2O2/c1-6-10(2)11-9-15(8-7-14-11)12(16)17-13(3,4)5/h11,14H,2,6-9H2,1,3-5H3. The molecule has 0 saturated carbocycles. The lowest BCUT2D eigenvalue weighted by Gasteiger charge is -2.35. The highest BCUT2D eigenvalue weighted by Gasteiger charge is 2.27. The molecule has 17 heavy (non-hydrogen) atoms. The van der Waals surface area contributed by atoms with Gasteiger partial charge < -0.3 is 15.0 Å². The molecule has 1 aliphatic rings. The average Bonchev–Trinajstić information content (AvgIpc) is 2.26. The molecule has 1 fully saturated rings. The third-order valence-electron chi connectivity index (χ3n) is 2.77. The Kier molecular flexibility index (Phi) is 4.57. The van der Waals surface area contributed by atoms with Crippen LogP contribution < -0.4 is 5.32 Å². The van der Waals surface area contributed by atoms with Gasteiger partial charge in [0.2, 0.25) is 0 Å². The van der Waals surface area contributed by atoms with Gasteiger partial charge in [-0.25, -0.2) is 4.79 Å². The lowest BCUT2D eigenvalue weighted by Crippen LogP contribution is -2.54. The van der Waals surface area contributed by atoms with Crippen molar-refractivity contribution in [2.24, 2.45) is 0 Å². The molecule has 1 unspecified atom stereocenters. The first-order valence-electron chi connectivity index (χ1n) is 6.22. The fourth-order valence-electron chi connectivity index (χ4n) is 1.76. The summed E-state index contributed by atoms with van der Waals surface area (Å²) >= 11 is 0. The van der Waals surface area contributed by atoms with Crippen LogP contribution in [0.4, 0.5) is 4.79 Å². The van der Waals surface area contributed by atoms with Gasteiger partial charge in [0.25, 0.3) is 0 Å². The van der Waals surface area contributed by atoms with Crippen LogP contribution in [0, 0.1) is 0 Å². The fourth-order valence-corrected chi connectivity index (χ4v) is 1.76. The highest BCUT2D eigenvalue weighted by atomic mass is 16.6. The fraction of sp³-hybridized carbons (Fsp3) is 0.769. The smallest absolute Gasteiger partial charge is 0.410 e. The van der Waals surface area contributed by atoms with Crippen LogP contribution in [0.5, 0.6) is 0 Å². The maximum absolute atomic E-state index is 11.9. The molecule has 0 aromatic heterocycles. The molecule has 4 nitrogen and oxygen atoms in total. The Morgan fingerprint density at radius 3 is 2.71 bits per heavy atom. The number of carbonyl (C=O) groups is 1. The largest absolute Gasteiger partial charge is 0.444 e. The van der Waals surface area contributed by atoms with Gasteiger partial charge in [-0.15, -0.1) is 0 Å². The van der Waals surface area contributed by atoms with E-state index in [-0.39, 0.29) is 12.1 Å². The molecule has 4 heteroatoms. The maximum Gasteiger partial charge on any atom is 0.410 e. The van der Waals surface area contributed by atoms with Crippen LogP contribution in [0.3, 0.4) is 0 Å². The van der Waals surface area contributed by atoms with Crippen molar-refractivity contribution in [1.82, 2.24) is 10.2 Å². The number of hydrogen-bond acceptors (Lipinski definition) is 3. The number of amides is 1. The van der Waals surface area contributed by atoms with E-state index in [0.717, 1.165) is 18.5 Å². The molecule has 0 aromatic carbocycles. The number of hydrogen-bond donors (Lipinski definition) is 1. The van der Waals surface area contributed by atoms with Gasteiger partial charge in [0, 0.05) is 25.7 Å². The number of ether oxygens (including phenoxy) is 1. The van der Waals surface area contributed by atoms with Crippen LogP contribution in [-0.4, -0.2) is 42.3 Å². The highest BCUT2D eigenvalue weighted by Crippen LogP contribution is 2.14. The van der Waals surface area contributed by atoms with Gasteiger partial charge in [-0.3, -0.25) is 0 Å². The van der Waals surface area contributed by atoms with Gasteiger partial charge in [0.05, 0.1) is 0 Å². The molecule has 1 amide bonds. The number of nitrogens with zero attached hydrogens (tertiary/aromatic N) is 1. The normalized spacial score (nSPS) is 21.2. The molecular weight excluding hydrogens is 216 g/mol. The van der Waals surface area contributed by atoms with E-state index in [4.69, 9.17) is 4.74 Å². The summed E-state index contributed by atoms with van der Waals surface area (Å²) in [6.45, 7) is 13.9. The second-order valence-electron chi connectivity index (χ2n) is 5.44. The van der Waals surface area contributed by atoms with Crippen LogP contribution in [-0.2, 0) is 4.74 Å². The Morgan fingerprint density at radius 1 is 1.53 bits per heavy atom. The van der Waals surface area contributed by atoms with Gasteiger partial charge in [0.15, 0.2) is 0 Å². The lowest BCUT2D eigenvalue weighted by atomic mass is 10.0. The second-order valence-corrected chi connectivity index (χ2v) is 5.44. The van der Waals surface area contributed by atoms with Crippen molar-refractivity contribution < 1.29 is 9.53 Å². The molecule has 1 rings (SSSR count). The van der Waals surface area contributed by atoms with Crippen molar-refractivity contribution in [2.45, 2.75) is 45.8 Å². The Bertz CT molecular complexity index is 294. The van der Waals surface area contributed by atoms with Crippen molar-refractivity contribution in [3.63, 3.8) is 0 Å². The zero-order valence-electron chi connectivity index (χ0n) is 11.4. The number of rotatable bonds is 2. The molecule has 0 bridgehead atoms. The predicted molar refractivity (Wildman–Crippen MR) is 69.0 cm³/mol. The summed E-state index contributed by atoms with van der Waals surface area (Å²) in [6, 6.07) is 0.196. The summed E-state index contributed by atoms with van der Waals surface area (Å²) in [5, 5.41) is 3.37. The maximum atomic E-state index is 11.9. The minimum atomic E-state index is -0.431. The molecular formula is C13H24N2O2. The second kappa shape index (κ2) is 5.54. The van der Waals surface area contributed by atoms with Gasteiger partial charge in [0.1, 0.15) is 5.60 Å². The molecule has 0 aromatic rings. The van der Waals surface area contributed by atoms with Gasteiger partial charge in [-0.2, -0.15) is 0 Å². The molecule has 1 saturated heterocycles. The van der Waals surface area contributed by atoms with Crippen molar-refractivity contribution in [3.8, 4) is 0 Å². The van der Waals surface area contributed by atoms with E-state index in [1.807, 2.05) is 20.8 Å². The minimum absolute atomic E-state index is 0.196. The highest BCUT2D eigenvalue weighted by molar-refractivity contribution is 5.68. The predicted octanol–water partition coefficient (Wildman–Crippen LogP) is 2.16. The van der Waals surface area contributed by atoms with E-state index in [2.05, 4.69) is 18.8 Å². The molecule has 0 aliphatic carbocycles. The first-order valence-corrected chi connectivity index (χ1v) is 6.22. The van der Waals surface area contributed by atoms with Crippen LogP contribution in [0.2, 0.25) is 0 Å². The van der Waals surface area contributed by atoms with E-state index < -0.39 is 5.60 Å². The summed E-state index contributed by atoms with van der Waals surface area (Å²) in [5.74, 6) is 0. The first kappa shape index (κ1) is 14.0. The summed E-state index contributed by atoms with van der Waals surface area (Å²) in [7, 11) is 0. The lowest BCUT2D eigenvalue weighted by molar-refractivity contribution is 0.0206.